The molecule has 5 heteroatoms. The van der Waals surface area contributed by atoms with Gasteiger partial charge in [0.25, 0.3) is 0 Å². The Morgan fingerprint density at radius 3 is 2.41 bits per heavy atom. The largest absolute Gasteiger partial charge is 0.487 e. The highest BCUT2D eigenvalue weighted by molar-refractivity contribution is 5.70. The standard InChI is InChI=1S/C12H16N2O3/c1-8-13-6-11(7-14-8)17-10-4-2-9(3-5-10)12(15)16/h6-7,9-10H,2-5H2,1H3,(H,15,16)/t9-,10-. The molecule has 1 saturated carbocycles. The van der Waals surface area contributed by atoms with Crippen molar-refractivity contribution in [1.82, 2.24) is 9.97 Å². The minimum Gasteiger partial charge on any atom is -0.487 e. The summed E-state index contributed by atoms with van der Waals surface area (Å²) in [5, 5.41) is 8.88. The zero-order chi connectivity index (χ0) is 12.3. The van der Waals surface area contributed by atoms with Crippen LogP contribution in [-0.2, 0) is 4.79 Å². The lowest BCUT2D eigenvalue weighted by atomic mass is 9.87. The predicted octanol–water partition coefficient (Wildman–Crippen LogP) is 1.81. The summed E-state index contributed by atoms with van der Waals surface area (Å²) in [6.45, 7) is 1.82. The van der Waals surface area contributed by atoms with Crippen LogP contribution in [0, 0.1) is 12.8 Å². The van der Waals surface area contributed by atoms with Crippen molar-refractivity contribution in [3.05, 3.63) is 18.2 Å². The van der Waals surface area contributed by atoms with Crippen molar-refractivity contribution in [3.63, 3.8) is 0 Å². The molecule has 2 rings (SSSR count). The fourth-order valence-corrected chi connectivity index (χ4v) is 2.06. The van der Waals surface area contributed by atoms with Crippen molar-refractivity contribution in [2.45, 2.75) is 38.7 Å². The molecule has 1 aromatic heterocycles. The van der Waals surface area contributed by atoms with Crippen LogP contribution in [0.1, 0.15) is 31.5 Å². The van der Waals surface area contributed by atoms with Crippen LogP contribution in [0.2, 0.25) is 0 Å². The molecule has 0 spiro atoms. The minimum absolute atomic E-state index is 0.0944. The zero-order valence-corrected chi connectivity index (χ0v) is 9.80. The van der Waals surface area contributed by atoms with Crippen molar-refractivity contribution < 1.29 is 14.6 Å². The van der Waals surface area contributed by atoms with E-state index < -0.39 is 5.97 Å². The topological polar surface area (TPSA) is 72.3 Å². The maximum atomic E-state index is 10.8. The smallest absolute Gasteiger partial charge is 0.306 e. The normalized spacial score (nSPS) is 24.3. The number of aryl methyl sites for hydroxylation is 1. The number of carboxylic acid groups (broad SMARTS) is 1. The minimum atomic E-state index is -0.692. The van der Waals surface area contributed by atoms with E-state index in [-0.39, 0.29) is 12.0 Å². The highest BCUT2D eigenvalue weighted by Crippen LogP contribution is 2.27. The lowest BCUT2D eigenvalue weighted by molar-refractivity contribution is -0.143. The number of aromatic nitrogens is 2. The van der Waals surface area contributed by atoms with E-state index in [4.69, 9.17) is 9.84 Å². The van der Waals surface area contributed by atoms with Crippen molar-refractivity contribution >= 4 is 5.97 Å². The van der Waals surface area contributed by atoms with Gasteiger partial charge in [-0.15, -0.1) is 0 Å². The Labute approximate surface area is 99.9 Å². The van der Waals surface area contributed by atoms with Crippen LogP contribution in [0.25, 0.3) is 0 Å². The van der Waals surface area contributed by atoms with E-state index in [1.165, 1.54) is 0 Å². The van der Waals surface area contributed by atoms with Crippen LogP contribution in [0.15, 0.2) is 12.4 Å². The van der Waals surface area contributed by atoms with E-state index in [0.717, 1.165) is 12.8 Å². The van der Waals surface area contributed by atoms with Crippen LogP contribution in [-0.4, -0.2) is 27.1 Å². The van der Waals surface area contributed by atoms with E-state index >= 15 is 0 Å². The molecule has 1 N–H and O–H groups in total. The SMILES string of the molecule is Cc1ncc(O[C@H]2CC[C@H](C(=O)O)CC2)cn1. The van der Waals surface area contributed by atoms with Crippen LogP contribution in [0.4, 0.5) is 0 Å². The molecule has 0 amide bonds. The summed E-state index contributed by atoms with van der Waals surface area (Å²) in [4.78, 5) is 18.9. The van der Waals surface area contributed by atoms with Gasteiger partial charge in [0.15, 0.2) is 5.75 Å². The predicted molar refractivity (Wildman–Crippen MR) is 60.8 cm³/mol. The third kappa shape index (κ3) is 3.15. The third-order valence-corrected chi connectivity index (χ3v) is 3.08. The van der Waals surface area contributed by atoms with Crippen molar-refractivity contribution in [3.8, 4) is 5.75 Å². The monoisotopic (exact) mass is 236 g/mol. The first-order valence-corrected chi connectivity index (χ1v) is 5.83. The molecule has 0 unspecified atom stereocenters. The van der Waals surface area contributed by atoms with Gasteiger partial charge in [0, 0.05) is 0 Å². The Kier molecular flexibility index (Phi) is 3.56. The van der Waals surface area contributed by atoms with Crippen LogP contribution in [0.3, 0.4) is 0 Å². The van der Waals surface area contributed by atoms with E-state index in [1.54, 1.807) is 12.4 Å². The molecular weight excluding hydrogens is 220 g/mol. The molecule has 0 atom stereocenters. The molecule has 1 aliphatic carbocycles. The highest BCUT2D eigenvalue weighted by atomic mass is 16.5. The van der Waals surface area contributed by atoms with Gasteiger partial charge in [0.1, 0.15) is 5.82 Å². The number of nitrogens with zero attached hydrogens (tertiary/aromatic N) is 2. The van der Waals surface area contributed by atoms with Crippen molar-refractivity contribution in [2.75, 3.05) is 0 Å². The molecule has 0 radical (unpaired) electrons. The third-order valence-electron chi connectivity index (χ3n) is 3.08. The lowest BCUT2D eigenvalue weighted by Crippen LogP contribution is -2.27. The Bertz CT molecular complexity index is 383. The van der Waals surface area contributed by atoms with Crippen LogP contribution < -0.4 is 4.74 Å². The molecule has 0 bridgehead atoms. The number of carbonyl (C=O) groups is 1. The summed E-state index contributed by atoms with van der Waals surface area (Å²) in [5.41, 5.74) is 0. The fraction of sp³-hybridized carbons (Fsp3) is 0.583. The second kappa shape index (κ2) is 5.12. The Balaban J connectivity index is 1.85. The first-order chi connectivity index (χ1) is 8.15. The van der Waals surface area contributed by atoms with Gasteiger partial charge in [0.2, 0.25) is 0 Å². The first-order valence-electron chi connectivity index (χ1n) is 5.83. The van der Waals surface area contributed by atoms with Gasteiger partial charge in [-0.05, 0) is 32.6 Å². The molecule has 1 heterocycles. The summed E-state index contributed by atoms with van der Waals surface area (Å²) in [5.74, 6) is 0.479. The lowest BCUT2D eigenvalue weighted by Gasteiger charge is -2.26. The molecule has 1 aliphatic rings. The fourth-order valence-electron chi connectivity index (χ4n) is 2.06. The van der Waals surface area contributed by atoms with Gasteiger partial charge in [0.05, 0.1) is 24.4 Å². The summed E-state index contributed by atoms with van der Waals surface area (Å²) in [6.07, 6.45) is 6.35. The first kappa shape index (κ1) is 11.8. The van der Waals surface area contributed by atoms with Gasteiger partial charge >= 0.3 is 5.97 Å². The number of hydrogen-bond acceptors (Lipinski definition) is 4. The molecule has 92 valence electrons. The summed E-state index contributed by atoms with van der Waals surface area (Å²) in [7, 11) is 0. The van der Waals surface area contributed by atoms with Crippen molar-refractivity contribution in [1.29, 1.82) is 0 Å². The van der Waals surface area contributed by atoms with Gasteiger partial charge in [-0.25, -0.2) is 9.97 Å². The number of carboxylic acids is 1. The Morgan fingerprint density at radius 1 is 1.29 bits per heavy atom. The second-order valence-corrected chi connectivity index (χ2v) is 4.40. The number of rotatable bonds is 3. The van der Waals surface area contributed by atoms with Crippen LogP contribution in [0.5, 0.6) is 5.75 Å². The Hall–Kier alpha value is -1.65. The average Bonchev–Trinajstić information content (AvgIpc) is 2.33. The van der Waals surface area contributed by atoms with Gasteiger partial charge in [-0.2, -0.15) is 0 Å². The molecule has 5 nitrogen and oxygen atoms in total. The van der Waals surface area contributed by atoms with E-state index in [2.05, 4.69) is 9.97 Å². The Morgan fingerprint density at radius 2 is 1.88 bits per heavy atom. The quantitative estimate of drug-likeness (QED) is 0.866. The maximum absolute atomic E-state index is 10.8. The van der Waals surface area contributed by atoms with E-state index in [1.807, 2.05) is 6.92 Å². The van der Waals surface area contributed by atoms with Gasteiger partial charge in [-0.1, -0.05) is 0 Å². The molecule has 1 aromatic rings. The van der Waals surface area contributed by atoms with Crippen LogP contribution >= 0.6 is 0 Å². The summed E-state index contributed by atoms with van der Waals surface area (Å²) < 4.78 is 5.72. The molecule has 17 heavy (non-hydrogen) atoms. The van der Waals surface area contributed by atoms with E-state index in [9.17, 15) is 4.79 Å². The molecule has 0 aromatic carbocycles. The molecule has 0 saturated heterocycles. The number of ether oxygens (including phenoxy) is 1. The summed E-state index contributed by atoms with van der Waals surface area (Å²) >= 11 is 0. The van der Waals surface area contributed by atoms with E-state index in [0.29, 0.717) is 24.4 Å². The molecule has 1 fully saturated rings. The summed E-state index contributed by atoms with van der Waals surface area (Å²) in [6, 6.07) is 0. The van der Waals surface area contributed by atoms with Crippen molar-refractivity contribution in [2.24, 2.45) is 5.92 Å². The number of aliphatic carboxylic acids is 1. The van der Waals surface area contributed by atoms with Gasteiger partial charge < -0.3 is 9.84 Å². The molecule has 0 aliphatic heterocycles. The highest BCUT2D eigenvalue weighted by Gasteiger charge is 2.26. The number of hydrogen-bond donors (Lipinski definition) is 1. The molecular formula is C12H16N2O3. The zero-order valence-electron chi connectivity index (χ0n) is 9.80. The second-order valence-electron chi connectivity index (χ2n) is 4.40. The van der Waals surface area contributed by atoms with Gasteiger partial charge in [-0.3, -0.25) is 4.79 Å². The average molecular weight is 236 g/mol. The maximum Gasteiger partial charge on any atom is 0.306 e.